The molecule has 0 aliphatic rings. The van der Waals surface area contributed by atoms with Crippen molar-refractivity contribution in [1.82, 2.24) is 0 Å². The molecule has 0 aliphatic heterocycles. The van der Waals surface area contributed by atoms with Crippen LogP contribution in [-0.4, -0.2) is 11.0 Å². The Kier molecular flexibility index (Phi) is 3.88. The second kappa shape index (κ2) is 4.96. The van der Waals surface area contributed by atoms with Crippen molar-refractivity contribution >= 4 is 11.4 Å². The van der Waals surface area contributed by atoms with E-state index in [1.165, 1.54) is 6.07 Å². The van der Waals surface area contributed by atoms with Crippen molar-refractivity contribution in [1.29, 1.82) is 0 Å². The van der Waals surface area contributed by atoms with Crippen LogP contribution in [0.15, 0.2) is 18.2 Å². The lowest BCUT2D eigenvalue weighted by atomic mass is 10.1. The summed E-state index contributed by atoms with van der Waals surface area (Å²) < 4.78 is 0. The zero-order chi connectivity index (χ0) is 12.3. The molecule has 4 nitrogen and oxygen atoms in total. The molecule has 0 saturated carbocycles. The first-order valence-corrected chi connectivity index (χ1v) is 5.43. The van der Waals surface area contributed by atoms with Crippen LogP contribution in [0.1, 0.15) is 26.3 Å². The van der Waals surface area contributed by atoms with Crippen molar-refractivity contribution in [3.63, 3.8) is 0 Å². The SMILES string of the molecule is Cc1cc([N+](=O)[O-])ccc1NC(C)C(C)C. The van der Waals surface area contributed by atoms with Crippen molar-refractivity contribution in [2.75, 3.05) is 5.32 Å². The first kappa shape index (κ1) is 12.5. The molecule has 16 heavy (non-hydrogen) atoms. The van der Waals surface area contributed by atoms with Crippen molar-refractivity contribution in [2.45, 2.75) is 33.7 Å². The first-order chi connectivity index (χ1) is 7.41. The Morgan fingerprint density at radius 3 is 2.38 bits per heavy atom. The number of rotatable bonds is 4. The number of nitro benzene ring substituents is 1. The summed E-state index contributed by atoms with van der Waals surface area (Å²) in [5, 5.41) is 13.9. The summed E-state index contributed by atoms with van der Waals surface area (Å²) in [6.45, 7) is 8.25. The Bertz CT molecular complexity index is 389. The molecule has 0 heterocycles. The van der Waals surface area contributed by atoms with Crippen LogP contribution >= 0.6 is 0 Å². The Hall–Kier alpha value is -1.58. The van der Waals surface area contributed by atoms with E-state index >= 15 is 0 Å². The number of nitrogens with zero attached hydrogens (tertiary/aromatic N) is 1. The number of nitro groups is 1. The number of anilines is 1. The predicted octanol–water partition coefficient (Wildman–Crippen LogP) is 3.36. The summed E-state index contributed by atoms with van der Waals surface area (Å²) in [5.74, 6) is 0.523. The zero-order valence-electron chi connectivity index (χ0n) is 10.2. The number of nitrogens with one attached hydrogen (secondary N) is 1. The van der Waals surface area contributed by atoms with Crippen LogP contribution in [0.2, 0.25) is 0 Å². The monoisotopic (exact) mass is 222 g/mol. The maximum Gasteiger partial charge on any atom is 0.269 e. The number of non-ortho nitro benzene ring substituents is 1. The minimum atomic E-state index is -0.372. The lowest BCUT2D eigenvalue weighted by molar-refractivity contribution is -0.384. The lowest BCUT2D eigenvalue weighted by Gasteiger charge is -2.20. The standard InChI is InChI=1S/C12H18N2O2/c1-8(2)10(4)13-12-6-5-11(14(15)16)7-9(12)3/h5-8,10,13H,1-4H3. The van der Waals surface area contributed by atoms with E-state index in [4.69, 9.17) is 0 Å². The molecule has 0 spiro atoms. The number of benzene rings is 1. The highest BCUT2D eigenvalue weighted by Gasteiger charge is 2.11. The third-order valence-electron chi connectivity index (χ3n) is 2.80. The lowest BCUT2D eigenvalue weighted by Crippen LogP contribution is -2.21. The van der Waals surface area contributed by atoms with Gasteiger partial charge in [-0.25, -0.2) is 0 Å². The van der Waals surface area contributed by atoms with Gasteiger partial charge in [0, 0.05) is 23.9 Å². The third-order valence-corrected chi connectivity index (χ3v) is 2.80. The molecule has 0 radical (unpaired) electrons. The van der Waals surface area contributed by atoms with Crippen molar-refractivity contribution in [3.8, 4) is 0 Å². The maximum atomic E-state index is 10.6. The molecule has 0 bridgehead atoms. The Morgan fingerprint density at radius 1 is 1.31 bits per heavy atom. The number of hydrogen-bond donors (Lipinski definition) is 1. The van der Waals surface area contributed by atoms with E-state index in [1.807, 2.05) is 6.92 Å². The molecule has 0 fully saturated rings. The van der Waals surface area contributed by atoms with E-state index in [2.05, 4.69) is 26.1 Å². The van der Waals surface area contributed by atoms with Crippen LogP contribution in [0.25, 0.3) is 0 Å². The van der Waals surface area contributed by atoms with Crippen LogP contribution in [-0.2, 0) is 0 Å². The summed E-state index contributed by atoms with van der Waals surface area (Å²) in [5.41, 5.74) is 2.01. The summed E-state index contributed by atoms with van der Waals surface area (Å²) in [4.78, 5) is 10.2. The van der Waals surface area contributed by atoms with Crippen LogP contribution in [0.3, 0.4) is 0 Å². The van der Waals surface area contributed by atoms with E-state index in [0.29, 0.717) is 12.0 Å². The molecule has 1 unspecified atom stereocenters. The minimum Gasteiger partial charge on any atom is -0.382 e. The van der Waals surface area contributed by atoms with E-state index in [1.54, 1.807) is 12.1 Å². The molecule has 1 aromatic carbocycles. The zero-order valence-corrected chi connectivity index (χ0v) is 10.2. The summed E-state index contributed by atoms with van der Waals surface area (Å²) in [7, 11) is 0. The van der Waals surface area contributed by atoms with Crippen LogP contribution in [0, 0.1) is 23.0 Å². The molecule has 0 saturated heterocycles. The summed E-state index contributed by atoms with van der Waals surface area (Å²) >= 11 is 0. The van der Waals surface area contributed by atoms with Crippen LogP contribution < -0.4 is 5.32 Å². The van der Waals surface area contributed by atoms with E-state index in [9.17, 15) is 10.1 Å². The molecule has 1 atom stereocenters. The highest BCUT2D eigenvalue weighted by atomic mass is 16.6. The fourth-order valence-electron chi connectivity index (χ4n) is 1.34. The van der Waals surface area contributed by atoms with Crippen LogP contribution in [0.4, 0.5) is 11.4 Å². The summed E-state index contributed by atoms with van der Waals surface area (Å²) in [6.07, 6.45) is 0. The molecule has 4 heteroatoms. The van der Waals surface area contributed by atoms with Gasteiger partial charge in [0.25, 0.3) is 5.69 Å². The molecule has 0 aliphatic carbocycles. The first-order valence-electron chi connectivity index (χ1n) is 5.43. The Labute approximate surface area is 95.8 Å². The van der Waals surface area contributed by atoms with Crippen molar-refractivity contribution < 1.29 is 4.92 Å². The van der Waals surface area contributed by atoms with Gasteiger partial charge in [0.2, 0.25) is 0 Å². The van der Waals surface area contributed by atoms with Crippen molar-refractivity contribution in [3.05, 3.63) is 33.9 Å². The molecule has 1 rings (SSSR count). The van der Waals surface area contributed by atoms with Gasteiger partial charge in [-0.05, 0) is 31.4 Å². The van der Waals surface area contributed by atoms with Gasteiger partial charge in [0.1, 0.15) is 0 Å². The Morgan fingerprint density at radius 2 is 1.94 bits per heavy atom. The van der Waals surface area contributed by atoms with Gasteiger partial charge in [0.05, 0.1) is 4.92 Å². The fraction of sp³-hybridized carbons (Fsp3) is 0.500. The second-order valence-electron chi connectivity index (χ2n) is 4.43. The molecule has 1 aromatic rings. The molecule has 1 N–H and O–H groups in total. The van der Waals surface area contributed by atoms with Crippen LogP contribution in [0.5, 0.6) is 0 Å². The average Bonchev–Trinajstić information content (AvgIpc) is 2.20. The van der Waals surface area contributed by atoms with E-state index < -0.39 is 0 Å². The minimum absolute atomic E-state index is 0.139. The largest absolute Gasteiger partial charge is 0.382 e. The molecule has 0 amide bonds. The Balaban J connectivity index is 2.87. The van der Waals surface area contributed by atoms with Crippen molar-refractivity contribution in [2.24, 2.45) is 5.92 Å². The number of aryl methyl sites for hydroxylation is 1. The third kappa shape index (κ3) is 2.95. The highest BCUT2D eigenvalue weighted by molar-refractivity contribution is 5.55. The van der Waals surface area contributed by atoms with E-state index in [-0.39, 0.29) is 10.6 Å². The van der Waals surface area contributed by atoms with Gasteiger partial charge in [-0.15, -0.1) is 0 Å². The fourth-order valence-corrected chi connectivity index (χ4v) is 1.34. The second-order valence-corrected chi connectivity index (χ2v) is 4.43. The smallest absolute Gasteiger partial charge is 0.269 e. The van der Waals surface area contributed by atoms with Gasteiger partial charge in [-0.3, -0.25) is 10.1 Å². The summed E-state index contributed by atoms with van der Waals surface area (Å²) in [6, 6.07) is 5.24. The van der Waals surface area contributed by atoms with Gasteiger partial charge >= 0.3 is 0 Å². The average molecular weight is 222 g/mol. The maximum absolute atomic E-state index is 10.6. The van der Waals surface area contributed by atoms with E-state index in [0.717, 1.165) is 11.3 Å². The van der Waals surface area contributed by atoms with Gasteiger partial charge < -0.3 is 5.32 Å². The number of hydrogen-bond acceptors (Lipinski definition) is 3. The van der Waals surface area contributed by atoms with Gasteiger partial charge in [0.15, 0.2) is 0 Å². The van der Waals surface area contributed by atoms with Gasteiger partial charge in [-0.1, -0.05) is 13.8 Å². The van der Waals surface area contributed by atoms with Gasteiger partial charge in [-0.2, -0.15) is 0 Å². The molecular formula is C12H18N2O2. The normalized spacial score (nSPS) is 12.6. The molecular weight excluding hydrogens is 204 g/mol. The quantitative estimate of drug-likeness (QED) is 0.627. The topological polar surface area (TPSA) is 55.2 Å². The molecule has 0 aromatic heterocycles. The highest BCUT2D eigenvalue weighted by Crippen LogP contribution is 2.22. The molecule has 88 valence electrons. The predicted molar refractivity (Wildman–Crippen MR) is 65.8 cm³/mol.